The number of hydrogen-bond acceptors (Lipinski definition) is 4. The minimum absolute atomic E-state index is 0.113. The van der Waals surface area contributed by atoms with E-state index in [1.165, 1.54) is 0 Å². The van der Waals surface area contributed by atoms with Crippen molar-refractivity contribution in [3.8, 4) is 0 Å². The summed E-state index contributed by atoms with van der Waals surface area (Å²) >= 11 is 19.0. The molecule has 1 fully saturated rings. The molecule has 0 amide bonds. The van der Waals surface area contributed by atoms with Crippen LogP contribution in [0.25, 0.3) is 6.08 Å². The minimum atomic E-state index is -0.425. The number of tetrazole rings is 1. The minimum Gasteiger partial charge on any atom is -0.373 e. The molecule has 8 heteroatoms. The summed E-state index contributed by atoms with van der Waals surface area (Å²) in [4.78, 5) is 0. The summed E-state index contributed by atoms with van der Waals surface area (Å²) in [5.41, 5.74) is 1.53. The van der Waals surface area contributed by atoms with Crippen molar-refractivity contribution in [2.75, 3.05) is 5.32 Å². The third kappa shape index (κ3) is 6.55. The van der Waals surface area contributed by atoms with Gasteiger partial charge in [-0.3, -0.25) is 0 Å². The van der Waals surface area contributed by atoms with Gasteiger partial charge in [-0.1, -0.05) is 101 Å². The predicted molar refractivity (Wildman–Crippen MR) is 160 cm³/mol. The Labute approximate surface area is 241 Å². The second-order valence-electron chi connectivity index (χ2n) is 12.6. The Morgan fingerprint density at radius 3 is 2.26 bits per heavy atom. The van der Waals surface area contributed by atoms with Gasteiger partial charge < -0.3 is 5.32 Å². The first-order chi connectivity index (χ1) is 17.8. The molecule has 1 aromatic heterocycles. The van der Waals surface area contributed by atoms with Crippen LogP contribution in [-0.4, -0.2) is 20.2 Å². The Hall–Kier alpha value is -2.08. The molecule has 1 atom stereocenters. The van der Waals surface area contributed by atoms with Gasteiger partial charge in [0.05, 0.1) is 11.6 Å². The second kappa shape index (κ2) is 11.2. The molecule has 0 spiro atoms. The number of allylic oxidation sites excluding steroid dienone is 1. The van der Waals surface area contributed by atoms with E-state index in [0.29, 0.717) is 21.0 Å². The number of benzene rings is 2. The van der Waals surface area contributed by atoms with Crippen molar-refractivity contribution >= 4 is 46.6 Å². The van der Waals surface area contributed by atoms with Gasteiger partial charge in [-0.05, 0) is 88.8 Å². The van der Waals surface area contributed by atoms with Gasteiger partial charge in [0.2, 0.25) is 0 Å². The number of hydrogen-bond donors (Lipinski definition) is 1. The topological polar surface area (TPSA) is 55.6 Å². The molecule has 1 aliphatic rings. The van der Waals surface area contributed by atoms with Crippen molar-refractivity contribution in [1.29, 1.82) is 0 Å². The Morgan fingerprint density at radius 2 is 1.66 bits per heavy atom. The van der Waals surface area contributed by atoms with E-state index in [9.17, 15) is 0 Å². The van der Waals surface area contributed by atoms with Gasteiger partial charge in [0.1, 0.15) is 0 Å². The highest BCUT2D eigenvalue weighted by atomic mass is 35.5. The van der Waals surface area contributed by atoms with E-state index in [-0.39, 0.29) is 16.9 Å². The van der Waals surface area contributed by atoms with E-state index in [1.54, 1.807) is 6.07 Å². The first-order valence-electron chi connectivity index (χ1n) is 13.2. The molecule has 0 saturated heterocycles. The third-order valence-corrected chi connectivity index (χ3v) is 8.56. The summed E-state index contributed by atoms with van der Waals surface area (Å²) in [6, 6.07) is 13.3. The van der Waals surface area contributed by atoms with Crippen LogP contribution >= 0.6 is 34.8 Å². The van der Waals surface area contributed by atoms with Gasteiger partial charge in [-0.15, -0.1) is 5.10 Å². The molecule has 1 aliphatic carbocycles. The van der Waals surface area contributed by atoms with Crippen molar-refractivity contribution in [3.05, 3.63) is 75.0 Å². The van der Waals surface area contributed by atoms with E-state index in [0.717, 1.165) is 42.8 Å². The van der Waals surface area contributed by atoms with Crippen LogP contribution in [-0.2, 0) is 5.54 Å². The lowest BCUT2D eigenvalue weighted by atomic mass is 9.67. The zero-order valence-electron chi connectivity index (χ0n) is 23.1. The van der Waals surface area contributed by atoms with Crippen LogP contribution in [0.1, 0.15) is 84.7 Å². The van der Waals surface area contributed by atoms with Gasteiger partial charge in [0, 0.05) is 20.8 Å². The van der Waals surface area contributed by atoms with Crippen LogP contribution < -0.4 is 5.32 Å². The number of halogens is 3. The normalized spacial score (nSPS) is 21.6. The highest BCUT2D eigenvalue weighted by Crippen LogP contribution is 2.47. The summed E-state index contributed by atoms with van der Waals surface area (Å²) in [7, 11) is 0. The molecule has 38 heavy (non-hydrogen) atoms. The number of anilines is 1. The van der Waals surface area contributed by atoms with E-state index in [2.05, 4.69) is 74.5 Å². The first-order valence-corrected chi connectivity index (χ1v) is 14.4. The van der Waals surface area contributed by atoms with Gasteiger partial charge >= 0.3 is 0 Å². The monoisotopic (exact) mass is 573 g/mol. The molecule has 3 aromatic rings. The molecule has 0 bridgehead atoms. The molecule has 0 radical (unpaired) electrons. The fraction of sp³-hybridized carbons (Fsp3) is 0.500. The van der Waals surface area contributed by atoms with Crippen LogP contribution in [0.15, 0.2) is 48.5 Å². The number of rotatable bonds is 6. The van der Waals surface area contributed by atoms with Crippen LogP contribution in [0.3, 0.4) is 0 Å². The summed E-state index contributed by atoms with van der Waals surface area (Å²) in [5.74, 6) is 1.48. The number of aromatic nitrogens is 4. The Morgan fingerprint density at radius 1 is 0.974 bits per heavy atom. The van der Waals surface area contributed by atoms with Crippen LogP contribution in [0.4, 0.5) is 5.69 Å². The van der Waals surface area contributed by atoms with Crippen molar-refractivity contribution in [2.45, 2.75) is 78.8 Å². The van der Waals surface area contributed by atoms with Gasteiger partial charge in [0.15, 0.2) is 5.82 Å². The standard InChI is InChI=1S/C30H38Cl3N5/c1-28(2,3)21-14-16-30(17-15-21,34-24-9-7-8-22(31)18-24)27-35-36-37-38(27)26(29(4,5)6)13-11-20-10-12-23(32)19-25(20)33/h7-13,18-19,21,26,34H,14-17H2,1-6H3/b13-11+/t21?,26-,30?/m0/s1. The Kier molecular flexibility index (Phi) is 8.52. The molecule has 0 aliphatic heterocycles. The quantitative estimate of drug-likeness (QED) is 0.318. The maximum Gasteiger partial charge on any atom is 0.177 e. The zero-order chi connectivity index (χ0) is 27.7. The van der Waals surface area contributed by atoms with Crippen LogP contribution in [0, 0.1) is 16.7 Å². The summed E-state index contributed by atoms with van der Waals surface area (Å²) in [5, 5.41) is 19.2. The van der Waals surface area contributed by atoms with Crippen molar-refractivity contribution in [3.63, 3.8) is 0 Å². The van der Waals surface area contributed by atoms with Gasteiger partial charge in [-0.25, -0.2) is 4.68 Å². The average molecular weight is 575 g/mol. The molecule has 4 rings (SSSR count). The van der Waals surface area contributed by atoms with E-state index >= 15 is 0 Å². The van der Waals surface area contributed by atoms with Crippen molar-refractivity contribution < 1.29 is 0 Å². The third-order valence-electron chi connectivity index (χ3n) is 7.76. The van der Waals surface area contributed by atoms with E-state index in [4.69, 9.17) is 34.8 Å². The smallest absolute Gasteiger partial charge is 0.177 e. The highest BCUT2D eigenvalue weighted by molar-refractivity contribution is 6.35. The number of nitrogens with one attached hydrogen (secondary N) is 1. The summed E-state index contributed by atoms with van der Waals surface area (Å²) < 4.78 is 2.00. The van der Waals surface area contributed by atoms with Crippen molar-refractivity contribution in [1.82, 2.24) is 20.2 Å². The van der Waals surface area contributed by atoms with E-state index < -0.39 is 5.54 Å². The molecule has 1 N–H and O–H groups in total. The molecule has 204 valence electrons. The molecule has 5 nitrogen and oxygen atoms in total. The van der Waals surface area contributed by atoms with Gasteiger partial charge in [-0.2, -0.15) is 0 Å². The lowest BCUT2D eigenvalue weighted by Gasteiger charge is -2.45. The molecule has 1 heterocycles. The van der Waals surface area contributed by atoms with Crippen LogP contribution in [0.2, 0.25) is 15.1 Å². The second-order valence-corrected chi connectivity index (χ2v) is 13.9. The summed E-state index contributed by atoms with van der Waals surface area (Å²) in [6.45, 7) is 13.6. The fourth-order valence-corrected chi connectivity index (χ4v) is 6.15. The average Bonchev–Trinajstić information content (AvgIpc) is 3.29. The first kappa shape index (κ1) is 28.9. The molecular weight excluding hydrogens is 537 g/mol. The lowest BCUT2D eigenvalue weighted by molar-refractivity contribution is 0.133. The SMILES string of the molecule is CC(C)(C)C1CCC(Nc2cccc(Cl)c2)(c2nnnn2[C@@H](/C=C/c2ccc(Cl)cc2Cl)C(C)(C)C)CC1. The lowest BCUT2D eigenvalue weighted by Crippen LogP contribution is -2.44. The predicted octanol–water partition coefficient (Wildman–Crippen LogP) is 9.48. The van der Waals surface area contributed by atoms with E-state index in [1.807, 2.05) is 41.1 Å². The largest absolute Gasteiger partial charge is 0.373 e. The zero-order valence-corrected chi connectivity index (χ0v) is 25.4. The van der Waals surface area contributed by atoms with Gasteiger partial charge in [0.25, 0.3) is 0 Å². The van der Waals surface area contributed by atoms with Crippen LogP contribution in [0.5, 0.6) is 0 Å². The maximum atomic E-state index is 6.48. The Bertz CT molecular complexity index is 1280. The molecule has 1 saturated carbocycles. The maximum absolute atomic E-state index is 6.48. The number of nitrogens with zero attached hydrogens (tertiary/aromatic N) is 4. The highest BCUT2D eigenvalue weighted by Gasteiger charge is 2.45. The Balaban J connectivity index is 1.76. The van der Waals surface area contributed by atoms with Crippen molar-refractivity contribution in [2.24, 2.45) is 16.7 Å². The molecule has 2 aromatic carbocycles. The molecule has 0 unspecified atom stereocenters. The fourth-order valence-electron chi connectivity index (χ4n) is 5.49. The molecular formula is C30H38Cl3N5. The summed E-state index contributed by atoms with van der Waals surface area (Å²) in [6.07, 6.45) is 8.19.